The molecule has 0 radical (unpaired) electrons. The predicted octanol–water partition coefficient (Wildman–Crippen LogP) is 4.58. The normalized spacial score (nSPS) is 15.4. The molecule has 0 unspecified atom stereocenters. The van der Waals surface area contributed by atoms with Crippen LogP contribution in [0.15, 0.2) is 54.2 Å². The summed E-state index contributed by atoms with van der Waals surface area (Å²) in [5, 5.41) is 4.28. The SMILES string of the molecule is CCc1cccc2c(/C=C3\C(=O)NC(=S)N(CC)C3=O)cn(CCOc3ccccc3Cl)c12. The number of aromatic nitrogens is 1. The van der Waals surface area contributed by atoms with Gasteiger partial charge in [0.15, 0.2) is 5.11 Å². The predicted molar refractivity (Wildman–Crippen MR) is 134 cm³/mol. The molecule has 1 saturated heterocycles. The average Bonchev–Trinajstić information content (AvgIpc) is 3.15. The molecular formula is C25H24ClN3O3S. The minimum absolute atomic E-state index is 0.0683. The highest BCUT2D eigenvalue weighted by molar-refractivity contribution is 7.80. The summed E-state index contributed by atoms with van der Waals surface area (Å²) in [6, 6.07) is 13.4. The molecule has 0 atom stereocenters. The van der Waals surface area contributed by atoms with Gasteiger partial charge in [-0.1, -0.05) is 48.9 Å². The first-order valence-electron chi connectivity index (χ1n) is 10.8. The number of likely N-dealkylation sites (N-methyl/N-ethyl adjacent to an activating group) is 1. The lowest BCUT2D eigenvalue weighted by Crippen LogP contribution is -2.53. The largest absolute Gasteiger partial charge is 0.490 e. The number of aryl methyl sites for hydroxylation is 1. The van der Waals surface area contributed by atoms with Gasteiger partial charge < -0.3 is 9.30 Å². The van der Waals surface area contributed by atoms with E-state index in [9.17, 15) is 9.59 Å². The van der Waals surface area contributed by atoms with E-state index in [0.717, 1.165) is 22.9 Å². The van der Waals surface area contributed by atoms with Crippen molar-refractivity contribution in [3.05, 3.63) is 70.4 Å². The van der Waals surface area contributed by atoms with Gasteiger partial charge in [0.2, 0.25) is 0 Å². The molecule has 0 aliphatic carbocycles. The molecule has 1 aliphatic rings. The van der Waals surface area contributed by atoms with Crippen molar-refractivity contribution in [2.45, 2.75) is 26.8 Å². The smallest absolute Gasteiger partial charge is 0.265 e. The van der Waals surface area contributed by atoms with Crippen LogP contribution in [-0.4, -0.2) is 39.5 Å². The summed E-state index contributed by atoms with van der Waals surface area (Å²) in [6.45, 7) is 5.29. The molecule has 1 aromatic heterocycles. The number of nitrogens with one attached hydrogen (secondary N) is 1. The van der Waals surface area contributed by atoms with Crippen molar-refractivity contribution in [2.24, 2.45) is 0 Å². The zero-order valence-electron chi connectivity index (χ0n) is 18.4. The number of hydrogen-bond acceptors (Lipinski definition) is 4. The van der Waals surface area contributed by atoms with Gasteiger partial charge in [-0.05, 0) is 49.3 Å². The van der Waals surface area contributed by atoms with Crippen LogP contribution in [0.2, 0.25) is 5.02 Å². The van der Waals surface area contributed by atoms with Crippen molar-refractivity contribution in [3.63, 3.8) is 0 Å². The van der Waals surface area contributed by atoms with Gasteiger partial charge in [-0.3, -0.25) is 19.8 Å². The molecule has 6 nitrogen and oxygen atoms in total. The van der Waals surface area contributed by atoms with Gasteiger partial charge in [-0.2, -0.15) is 0 Å². The van der Waals surface area contributed by atoms with Gasteiger partial charge in [0.1, 0.15) is 17.9 Å². The van der Waals surface area contributed by atoms with Crippen molar-refractivity contribution in [3.8, 4) is 5.75 Å². The van der Waals surface area contributed by atoms with E-state index in [1.807, 2.05) is 43.5 Å². The van der Waals surface area contributed by atoms with E-state index >= 15 is 0 Å². The van der Waals surface area contributed by atoms with Crippen LogP contribution in [0.1, 0.15) is 25.0 Å². The highest BCUT2D eigenvalue weighted by Crippen LogP contribution is 2.29. The zero-order chi connectivity index (χ0) is 23.5. The third-order valence-electron chi connectivity index (χ3n) is 5.62. The van der Waals surface area contributed by atoms with Gasteiger partial charge in [0.05, 0.1) is 17.1 Å². The van der Waals surface area contributed by atoms with E-state index < -0.39 is 5.91 Å². The Morgan fingerprint density at radius 3 is 2.64 bits per heavy atom. The van der Waals surface area contributed by atoms with Gasteiger partial charge in [-0.15, -0.1) is 0 Å². The molecule has 33 heavy (non-hydrogen) atoms. The summed E-state index contributed by atoms with van der Waals surface area (Å²) in [5.41, 5.74) is 3.09. The Bertz CT molecular complexity index is 1280. The molecule has 8 heteroatoms. The summed E-state index contributed by atoms with van der Waals surface area (Å²) in [7, 11) is 0. The topological polar surface area (TPSA) is 63.6 Å². The molecule has 0 spiro atoms. The van der Waals surface area contributed by atoms with E-state index in [2.05, 4.69) is 22.9 Å². The molecule has 1 aliphatic heterocycles. The van der Waals surface area contributed by atoms with E-state index in [0.29, 0.717) is 30.5 Å². The summed E-state index contributed by atoms with van der Waals surface area (Å²) >= 11 is 11.3. The molecule has 1 fully saturated rings. The monoisotopic (exact) mass is 481 g/mol. The number of ether oxygens (including phenoxy) is 1. The Morgan fingerprint density at radius 1 is 1.12 bits per heavy atom. The number of carbonyl (C=O) groups is 2. The molecule has 2 aromatic carbocycles. The Balaban J connectivity index is 1.70. The Hall–Kier alpha value is -3.16. The Labute approximate surface area is 202 Å². The second-order valence-corrected chi connectivity index (χ2v) is 8.38. The number of nitrogens with zero attached hydrogens (tertiary/aromatic N) is 2. The number of fused-ring (bicyclic) bond motifs is 1. The zero-order valence-corrected chi connectivity index (χ0v) is 20.0. The van der Waals surface area contributed by atoms with Crippen LogP contribution in [0.5, 0.6) is 5.75 Å². The third kappa shape index (κ3) is 4.51. The first-order valence-corrected chi connectivity index (χ1v) is 11.6. The molecule has 2 heterocycles. The first-order chi connectivity index (χ1) is 15.9. The first kappa shape index (κ1) is 23.0. The minimum atomic E-state index is -0.482. The highest BCUT2D eigenvalue weighted by atomic mass is 35.5. The maximum absolute atomic E-state index is 12.9. The van der Waals surface area contributed by atoms with Crippen molar-refractivity contribution in [1.29, 1.82) is 0 Å². The molecule has 1 N–H and O–H groups in total. The van der Waals surface area contributed by atoms with E-state index in [1.54, 1.807) is 12.1 Å². The summed E-state index contributed by atoms with van der Waals surface area (Å²) in [5.74, 6) is -0.237. The average molecular weight is 482 g/mol. The quantitative estimate of drug-likeness (QED) is 0.305. The maximum atomic E-state index is 12.9. The number of benzene rings is 2. The number of halogens is 1. The van der Waals surface area contributed by atoms with Crippen molar-refractivity contribution >= 4 is 57.7 Å². The number of amides is 2. The maximum Gasteiger partial charge on any atom is 0.265 e. The molecule has 0 saturated carbocycles. The van der Waals surface area contributed by atoms with E-state index in [1.165, 1.54) is 10.5 Å². The second-order valence-electron chi connectivity index (χ2n) is 7.59. The lowest BCUT2D eigenvalue weighted by molar-refractivity contribution is -0.128. The lowest BCUT2D eigenvalue weighted by Gasteiger charge is -2.27. The van der Waals surface area contributed by atoms with Crippen LogP contribution in [0.4, 0.5) is 0 Å². The number of hydrogen-bond donors (Lipinski definition) is 1. The number of thiocarbonyl (C=S) groups is 1. The Kier molecular flexibility index (Phi) is 6.81. The van der Waals surface area contributed by atoms with Crippen molar-refractivity contribution in [1.82, 2.24) is 14.8 Å². The van der Waals surface area contributed by atoms with E-state index in [4.69, 9.17) is 28.6 Å². The molecule has 4 rings (SSSR count). The number of para-hydroxylation sites is 2. The summed E-state index contributed by atoms with van der Waals surface area (Å²) < 4.78 is 7.99. The fourth-order valence-electron chi connectivity index (χ4n) is 3.99. The van der Waals surface area contributed by atoms with Crippen LogP contribution in [0.3, 0.4) is 0 Å². The molecular weight excluding hydrogens is 458 g/mol. The van der Waals surface area contributed by atoms with Crippen LogP contribution in [0, 0.1) is 0 Å². The van der Waals surface area contributed by atoms with Crippen LogP contribution >= 0.6 is 23.8 Å². The number of rotatable bonds is 7. The molecule has 170 valence electrons. The van der Waals surface area contributed by atoms with Crippen LogP contribution in [0.25, 0.3) is 17.0 Å². The highest BCUT2D eigenvalue weighted by Gasteiger charge is 2.32. The standard InChI is InChI=1S/C25H24ClN3O3S/c1-3-16-8-7-9-18-17(14-19-23(30)27-25(33)29(4-2)24(19)31)15-28(22(16)18)12-13-32-21-11-6-5-10-20(21)26/h5-11,14-15H,3-4,12-13H2,1-2H3,(H,27,30,33)/b19-14+. The van der Waals surface area contributed by atoms with Crippen molar-refractivity contribution in [2.75, 3.05) is 13.2 Å². The Morgan fingerprint density at radius 2 is 1.91 bits per heavy atom. The summed E-state index contributed by atoms with van der Waals surface area (Å²) in [6.07, 6.45) is 4.45. The van der Waals surface area contributed by atoms with E-state index in [-0.39, 0.29) is 16.6 Å². The molecule has 3 aromatic rings. The van der Waals surface area contributed by atoms with Crippen LogP contribution < -0.4 is 10.1 Å². The molecule has 0 bridgehead atoms. The minimum Gasteiger partial charge on any atom is -0.490 e. The summed E-state index contributed by atoms with van der Waals surface area (Å²) in [4.78, 5) is 26.8. The van der Waals surface area contributed by atoms with Gasteiger partial charge in [0, 0.05) is 23.7 Å². The number of carbonyl (C=O) groups excluding carboxylic acids is 2. The molecule has 2 amide bonds. The van der Waals surface area contributed by atoms with Crippen LogP contribution in [-0.2, 0) is 22.6 Å². The lowest BCUT2D eigenvalue weighted by atomic mass is 10.0. The van der Waals surface area contributed by atoms with Gasteiger partial charge in [0.25, 0.3) is 11.8 Å². The van der Waals surface area contributed by atoms with Gasteiger partial charge >= 0.3 is 0 Å². The fraction of sp³-hybridized carbons (Fsp3) is 0.240. The van der Waals surface area contributed by atoms with Crippen molar-refractivity contribution < 1.29 is 14.3 Å². The second kappa shape index (κ2) is 9.77. The third-order valence-corrected chi connectivity index (χ3v) is 6.26. The fourth-order valence-corrected chi connectivity index (χ4v) is 4.49. The van der Waals surface area contributed by atoms with Gasteiger partial charge in [-0.25, -0.2) is 0 Å².